The average Bonchev–Trinajstić information content (AvgIpc) is 2.73. The van der Waals surface area contributed by atoms with Crippen molar-refractivity contribution in [1.29, 1.82) is 0 Å². The first kappa shape index (κ1) is 20.3. The van der Waals surface area contributed by atoms with E-state index in [0.717, 1.165) is 18.8 Å². The Bertz CT molecular complexity index is 893. The number of hydrogen-bond donors (Lipinski definition) is 1. The lowest BCUT2D eigenvalue weighted by atomic mass is 10.2. The van der Waals surface area contributed by atoms with Crippen LogP contribution in [0.15, 0.2) is 53.7 Å². The zero-order chi connectivity index (χ0) is 20.1. The van der Waals surface area contributed by atoms with E-state index in [1.165, 1.54) is 12.1 Å². The second-order valence-corrected chi connectivity index (χ2v) is 8.71. The Morgan fingerprint density at radius 3 is 2.25 bits per heavy atom. The molecule has 1 amide bonds. The summed E-state index contributed by atoms with van der Waals surface area (Å²) in [4.78, 5) is 20.0. The number of amides is 1. The van der Waals surface area contributed by atoms with Crippen LogP contribution in [-0.4, -0.2) is 51.4 Å². The van der Waals surface area contributed by atoms with E-state index in [0.29, 0.717) is 25.1 Å². The van der Waals surface area contributed by atoms with Gasteiger partial charge in [-0.1, -0.05) is 6.92 Å². The summed E-state index contributed by atoms with van der Waals surface area (Å²) in [5.74, 6) is -0.0696. The molecular formula is C20H27N4O3S+. The molecule has 0 unspecified atom stereocenters. The molecule has 1 aromatic heterocycles. The monoisotopic (exact) mass is 403 g/mol. The first-order chi connectivity index (χ1) is 13.4. The van der Waals surface area contributed by atoms with Crippen molar-refractivity contribution in [2.45, 2.75) is 31.2 Å². The molecule has 1 atom stereocenters. The van der Waals surface area contributed by atoms with Crippen molar-refractivity contribution in [3.8, 4) is 0 Å². The molecular weight excluding hydrogens is 376 g/mol. The fourth-order valence-electron chi connectivity index (χ4n) is 3.13. The summed E-state index contributed by atoms with van der Waals surface area (Å²) in [6.45, 7) is 6.54. The van der Waals surface area contributed by atoms with Crippen LogP contribution >= 0.6 is 0 Å². The predicted molar refractivity (Wildman–Crippen MR) is 108 cm³/mol. The molecule has 8 heteroatoms. The van der Waals surface area contributed by atoms with E-state index in [-0.39, 0.29) is 16.8 Å². The van der Waals surface area contributed by atoms with Gasteiger partial charge >= 0.3 is 0 Å². The highest BCUT2D eigenvalue weighted by Gasteiger charge is 2.23. The van der Waals surface area contributed by atoms with Crippen LogP contribution < -0.4 is 14.6 Å². The van der Waals surface area contributed by atoms with Gasteiger partial charge in [-0.05, 0) is 37.6 Å². The van der Waals surface area contributed by atoms with Crippen molar-refractivity contribution in [2.24, 2.45) is 0 Å². The number of benzene rings is 1. The Kier molecular flexibility index (Phi) is 6.31. The molecule has 2 heterocycles. The highest BCUT2D eigenvalue weighted by atomic mass is 32.2. The van der Waals surface area contributed by atoms with Crippen LogP contribution in [0.25, 0.3) is 0 Å². The van der Waals surface area contributed by atoms with E-state index >= 15 is 0 Å². The first-order valence-corrected chi connectivity index (χ1v) is 11.0. The first-order valence-electron chi connectivity index (χ1n) is 9.53. The van der Waals surface area contributed by atoms with E-state index < -0.39 is 10.0 Å². The fourth-order valence-corrected chi connectivity index (χ4v) is 4.46. The van der Waals surface area contributed by atoms with Gasteiger partial charge in [-0.25, -0.2) is 18.1 Å². The molecule has 28 heavy (non-hydrogen) atoms. The van der Waals surface area contributed by atoms with Crippen molar-refractivity contribution >= 4 is 21.6 Å². The maximum Gasteiger partial charge on any atom is 0.253 e. The van der Waals surface area contributed by atoms with Gasteiger partial charge in [0.15, 0.2) is 12.4 Å². The third-order valence-electron chi connectivity index (χ3n) is 5.01. The normalized spacial score (nSPS) is 16.1. The van der Waals surface area contributed by atoms with Crippen LogP contribution in [-0.2, 0) is 10.0 Å². The van der Waals surface area contributed by atoms with E-state index in [9.17, 15) is 13.2 Å². The van der Waals surface area contributed by atoms with Crippen molar-refractivity contribution in [3.63, 3.8) is 0 Å². The molecule has 1 fully saturated rings. The third-order valence-corrected chi connectivity index (χ3v) is 6.62. The second kappa shape index (κ2) is 8.70. The molecule has 1 aliphatic rings. The molecule has 2 N–H and O–H groups in total. The van der Waals surface area contributed by atoms with Gasteiger partial charge < -0.3 is 9.80 Å². The lowest BCUT2D eigenvalue weighted by Gasteiger charge is -2.35. The summed E-state index contributed by atoms with van der Waals surface area (Å²) < 4.78 is 27.3. The van der Waals surface area contributed by atoms with Crippen molar-refractivity contribution in [1.82, 2.24) is 9.62 Å². The summed E-state index contributed by atoms with van der Waals surface area (Å²) in [5.41, 5.74) is 1.64. The largest absolute Gasteiger partial charge is 0.368 e. The van der Waals surface area contributed by atoms with Crippen LogP contribution in [0.3, 0.4) is 0 Å². The summed E-state index contributed by atoms with van der Waals surface area (Å²) >= 11 is 0. The number of nitrogens with one attached hydrogen (secondary N) is 2. The zero-order valence-electron chi connectivity index (χ0n) is 16.3. The van der Waals surface area contributed by atoms with Gasteiger partial charge in [-0.15, -0.1) is 0 Å². The number of aromatic amines is 1. The molecule has 7 nitrogen and oxygen atoms in total. The zero-order valence-corrected chi connectivity index (χ0v) is 17.1. The summed E-state index contributed by atoms with van der Waals surface area (Å²) in [6.07, 6.45) is 4.49. The van der Waals surface area contributed by atoms with E-state index in [2.05, 4.69) is 14.6 Å². The number of carbonyl (C=O) groups is 1. The number of sulfonamides is 1. The maximum atomic E-state index is 12.8. The van der Waals surface area contributed by atoms with Gasteiger partial charge in [0.25, 0.3) is 5.91 Å². The summed E-state index contributed by atoms with van der Waals surface area (Å²) in [5, 5.41) is 0. The lowest BCUT2D eigenvalue weighted by molar-refractivity contribution is -0.377. The number of aromatic nitrogens is 1. The number of piperazine rings is 1. The second-order valence-electron chi connectivity index (χ2n) is 6.99. The molecule has 0 spiro atoms. The molecule has 1 aliphatic heterocycles. The molecule has 2 aromatic rings. The molecule has 1 aromatic carbocycles. The smallest absolute Gasteiger partial charge is 0.253 e. The Balaban J connectivity index is 1.62. The minimum Gasteiger partial charge on any atom is -0.368 e. The number of H-pyrrole nitrogens is 1. The topological polar surface area (TPSA) is 83.9 Å². The third kappa shape index (κ3) is 4.69. The Morgan fingerprint density at radius 1 is 1.07 bits per heavy atom. The summed E-state index contributed by atoms with van der Waals surface area (Å²) in [6, 6.07) is 10.1. The van der Waals surface area contributed by atoms with Gasteiger partial charge in [-0.3, -0.25) is 4.79 Å². The average molecular weight is 404 g/mol. The number of carbonyl (C=O) groups excluding carboxylic acids is 1. The number of rotatable bonds is 6. The van der Waals surface area contributed by atoms with Gasteiger partial charge in [0, 0.05) is 55.6 Å². The van der Waals surface area contributed by atoms with E-state index in [1.807, 2.05) is 43.3 Å². The van der Waals surface area contributed by atoms with Crippen LogP contribution in [0.2, 0.25) is 0 Å². The quantitative estimate of drug-likeness (QED) is 0.793. The Labute approximate surface area is 166 Å². The van der Waals surface area contributed by atoms with E-state index in [4.69, 9.17) is 0 Å². The number of pyridine rings is 1. The number of hydrogen-bond acceptors (Lipinski definition) is 4. The Morgan fingerprint density at radius 2 is 1.68 bits per heavy atom. The highest BCUT2D eigenvalue weighted by Crippen LogP contribution is 2.17. The maximum absolute atomic E-state index is 12.8. The van der Waals surface area contributed by atoms with E-state index in [1.54, 1.807) is 12.1 Å². The standard InChI is InChI=1S/C20H26N4O3S/c1-3-16(2)22-28(26,27)19-6-4-17(5-7-19)20(25)24-14-12-23(13-15-24)18-8-10-21-11-9-18/h4-11,16,22H,3,12-15H2,1-2H3/p+1/t16-/m1/s1. The van der Waals surface area contributed by atoms with Crippen LogP contribution in [0.4, 0.5) is 5.69 Å². The Hall–Kier alpha value is -2.45. The highest BCUT2D eigenvalue weighted by molar-refractivity contribution is 7.89. The minimum absolute atomic E-state index is 0.0696. The molecule has 1 saturated heterocycles. The number of anilines is 1. The molecule has 0 aliphatic carbocycles. The fraction of sp³-hybridized carbons (Fsp3) is 0.400. The minimum atomic E-state index is -3.56. The molecule has 0 saturated carbocycles. The SMILES string of the molecule is CC[C@@H](C)NS(=O)(=O)c1ccc(C(=O)N2CCN(c3cc[nH+]cc3)CC2)cc1. The van der Waals surface area contributed by atoms with Crippen molar-refractivity contribution in [2.75, 3.05) is 31.1 Å². The van der Waals surface area contributed by atoms with Gasteiger partial charge in [0.2, 0.25) is 10.0 Å². The van der Waals surface area contributed by atoms with Crippen LogP contribution in [0.1, 0.15) is 30.6 Å². The van der Waals surface area contributed by atoms with Crippen LogP contribution in [0, 0.1) is 0 Å². The molecule has 150 valence electrons. The lowest BCUT2D eigenvalue weighted by Crippen LogP contribution is -2.48. The number of nitrogens with zero attached hydrogens (tertiary/aromatic N) is 2. The van der Waals surface area contributed by atoms with Crippen molar-refractivity contribution in [3.05, 3.63) is 54.4 Å². The van der Waals surface area contributed by atoms with Crippen molar-refractivity contribution < 1.29 is 18.2 Å². The van der Waals surface area contributed by atoms with Crippen LogP contribution in [0.5, 0.6) is 0 Å². The molecule has 0 bridgehead atoms. The molecule has 3 rings (SSSR count). The van der Waals surface area contributed by atoms with Gasteiger partial charge in [-0.2, -0.15) is 0 Å². The van der Waals surface area contributed by atoms with Gasteiger partial charge in [0.1, 0.15) is 0 Å². The molecule has 0 radical (unpaired) electrons. The predicted octanol–water partition coefficient (Wildman–Crippen LogP) is 1.54. The summed E-state index contributed by atoms with van der Waals surface area (Å²) in [7, 11) is -3.56. The van der Waals surface area contributed by atoms with Gasteiger partial charge in [0.05, 0.1) is 4.90 Å².